The molecule has 1 aromatic heterocycles. The fourth-order valence-electron chi connectivity index (χ4n) is 0.499. The monoisotopic (exact) mass is 211 g/mol. The van der Waals surface area contributed by atoms with E-state index in [9.17, 15) is 4.21 Å². The Labute approximate surface area is 75.6 Å². The molecule has 0 amide bonds. The van der Waals surface area contributed by atoms with E-state index in [1.54, 1.807) is 0 Å². The zero-order valence-electron chi connectivity index (χ0n) is 5.12. The number of rotatable bonds is 1. The molecule has 1 aromatic rings. The Hall–Kier alpha value is -0.160. The first-order chi connectivity index (χ1) is 5.11. The molecule has 0 saturated carbocycles. The van der Waals surface area contributed by atoms with Gasteiger partial charge >= 0.3 is 0 Å². The van der Waals surface area contributed by atoms with Crippen LogP contribution in [0.5, 0.6) is 0 Å². The fraction of sp³-hybridized carbons (Fsp3) is 0. The molecule has 1 unspecified atom stereocenters. The summed E-state index contributed by atoms with van der Waals surface area (Å²) >= 11 is 8.93. The number of aromatic nitrogens is 1. The van der Waals surface area contributed by atoms with E-state index in [4.69, 9.17) is 27.8 Å². The van der Waals surface area contributed by atoms with Crippen LogP contribution in [-0.2, 0) is 11.1 Å². The zero-order valence-corrected chi connectivity index (χ0v) is 7.45. The average molecular weight is 212 g/mol. The van der Waals surface area contributed by atoms with Crippen LogP contribution < -0.4 is 0 Å². The number of nitrogens with zero attached hydrogens (tertiary/aromatic N) is 1. The number of halogens is 2. The second-order valence-corrected chi connectivity index (χ2v) is 3.43. The molecule has 0 aliphatic heterocycles. The van der Waals surface area contributed by atoms with E-state index in [1.165, 1.54) is 12.3 Å². The van der Waals surface area contributed by atoms with E-state index in [0.29, 0.717) is 0 Å². The Balaban J connectivity index is 3.15. The van der Waals surface area contributed by atoms with Gasteiger partial charge in [0.2, 0.25) is 0 Å². The van der Waals surface area contributed by atoms with Crippen LogP contribution >= 0.6 is 23.2 Å². The Bertz CT molecular complexity index is 305. The molecule has 60 valence electrons. The summed E-state index contributed by atoms with van der Waals surface area (Å²) in [5.74, 6) is 0. The highest BCUT2D eigenvalue weighted by Gasteiger charge is 2.04. The van der Waals surface area contributed by atoms with Crippen LogP contribution in [0, 0.1) is 0 Å². The molecular formula is C5H3Cl2NO2S. The van der Waals surface area contributed by atoms with E-state index >= 15 is 0 Å². The normalized spacial score (nSPS) is 13.0. The number of hydrogen-bond donors (Lipinski definition) is 1. The maximum Gasteiger partial charge on any atom is 0.188 e. The average Bonchev–Trinajstić information content (AvgIpc) is 1.94. The number of hydrogen-bond acceptors (Lipinski definition) is 2. The molecule has 3 nitrogen and oxygen atoms in total. The summed E-state index contributed by atoms with van der Waals surface area (Å²) in [4.78, 5) is 3.72. The van der Waals surface area contributed by atoms with Crippen molar-refractivity contribution >= 4 is 34.3 Å². The lowest BCUT2D eigenvalue weighted by Crippen LogP contribution is -1.89. The first-order valence-electron chi connectivity index (χ1n) is 2.53. The minimum Gasteiger partial charge on any atom is -0.302 e. The zero-order chi connectivity index (χ0) is 8.43. The lowest BCUT2D eigenvalue weighted by atomic mass is 10.5. The van der Waals surface area contributed by atoms with Crippen molar-refractivity contribution in [1.82, 2.24) is 4.98 Å². The van der Waals surface area contributed by atoms with Crippen molar-refractivity contribution in [3.05, 3.63) is 22.4 Å². The van der Waals surface area contributed by atoms with Gasteiger partial charge in [0, 0.05) is 6.20 Å². The van der Waals surface area contributed by atoms with Gasteiger partial charge in [-0.2, -0.15) is 0 Å². The van der Waals surface area contributed by atoms with Crippen molar-refractivity contribution in [3.8, 4) is 0 Å². The maximum absolute atomic E-state index is 10.4. The molecule has 1 atom stereocenters. The van der Waals surface area contributed by atoms with Crippen LogP contribution in [0.25, 0.3) is 0 Å². The maximum atomic E-state index is 10.4. The minimum absolute atomic E-state index is 0.126. The van der Waals surface area contributed by atoms with Crippen molar-refractivity contribution in [2.24, 2.45) is 0 Å². The highest BCUT2D eigenvalue weighted by molar-refractivity contribution is 7.79. The first kappa shape index (κ1) is 8.93. The molecule has 0 aromatic carbocycles. The molecule has 0 radical (unpaired) electrons. The lowest BCUT2D eigenvalue weighted by molar-refractivity contribution is 0.564. The second-order valence-electron chi connectivity index (χ2n) is 1.69. The van der Waals surface area contributed by atoms with Crippen LogP contribution in [0.2, 0.25) is 10.2 Å². The lowest BCUT2D eigenvalue weighted by Gasteiger charge is -1.95. The van der Waals surface area contributed by atoms with Crippen LogP contribution in [-0.4, -0.2) is 13.7 Å². The van der Waals surface area contributed by atoms with Crippen molar-refractivity contribution in [3.63, 3.8) is 0 Å². The molecule has 1 N–H and O–H groups in total. The van der Waals surface area contributed by atoms with Crippen LogP contribution in [0.1, 0.15) is 0 Å². The summed E-state index contributed by atoms with van der Waals surface area (Å²) in [5, 5.41) is 0.299. The molecule has 0 saturated heterocycles. The quantitative estimate of drug-likeness (QED) is 0.571. The summed E-state index contributed by atoms with van der Waals surface area (Å²) in [5.41, 5.74) is 0. The Morgan fingerprint density at radius 1 is 1.55 bits per heavy atom. The van der Waals surface area contributed by atoms with Gasteiger partial charge in [0.1, 0.15) is 5.15 Å². The summed E-state index contributed by atoms with van der Waals surface area (Å²) in [6.45, 7) is 0. The molecule has 0 bridgehead atoms. The van der Waals surface area contributed by atoms with Gasteiger partial charge in [-0.3, -0.25) is 0 Å². The molecule has 0 aliphatic carbocycles. The van der Waals surface area contributed by atoms with E-state index in [0.717, 1.165) is 0 Å². The van der Waals surface area contributed by atoms with E-state index in [2.05, 4.69) is 4.98 Å². The largest absolute Gasteiger partial charge is 0.302 e. The predicted octanol–water partition coefficient (Wildman–Crippen LogP) is 1.97. The van der Waals surface area contributed by atoms with Crippen molar-refractivity contribution in [1.29, 1.82) is 0 Å². The topological polar surface area (TPSA) is 50.2 Å². The summed E-state index contributed by atoms with van der Waals surface area (Å²) in [7, 11) is 0. The third kappa shape index (κ3) is 2.13. The van der Waals surface area contributed by atoms with Crippen molar-refractivity contribution < 1.29 is 8.76 Å². The minimum atomic E-state index is -2.05. The van der Waals surface area contributed by atoms with Gasteiger partial charge < -0.3 is 4.55 Å². The van der Waals surface area contributed by atoms with Gasteiger partial charge in [0.05, 0.1) is 9.92 Å². The van der Waals surface area contributed by atoms with Crippen molar-refractivity contribution in [2.75, 3.05) is 0 Å². The van der Waals surface area contributed by atoms with E-state index < -0.39 is 11.1 Å². The second kappa shape index (κ2) is 3.49. The van der Waals surface area contributed by atoms with Crippen LogP contribution in [0.3, 0.4) is 0 Å². The van der Waals surface area contributed by atoms with Crippen LogP contribution in [0.4, 0.5) is 0 Å². The predicted molar refractivity (Wildman–Crippen MR) is 43.3 cm³/mol. The van der Waals surface area contributed by atoms with Gasteiger partial charge in [-0.25, -0.2) is 9.19 Å². The van der Waals surface area contributed by atoms with Gasteiger partial charge in [-0.1, -0.05) is 23.2 Å². The molecule has 1 heterocycles. The summed E-state index contributed by atoms with van der Waals surface area (Å²) in [6, 6.07) is 1.30. The van der Waals surface area contributed by atoms with Gasteiger partial charge in [0.15, 0.2) is 11.1 Å². The molecule has 1 rings (SSSR count). The molecule has 11 heavy (non-hydrogen) atoms. The smallest absolute Gasteiger partial charge is 0.188 e. The fourth-order valence-corrected chi connectivity index (χ4v) is 1.20. The van der Waals surface area contributed by atoms with Crippen LogP contribution in [0.15, 0.2) is 17.2 Å². The standard InChI is InChI=1S/C5H3Cl2NO2S/c6-4-1-3(11(9)10)2-8-5(4)7/h1-2H,(H,9,10). The molecule has 0 spiro atoms. The molecule has 0 aliphatic rings. The highest BCUT2D eigenvalue weighted by Crippen LogP contribution is 2.20. The van der Waals surface area contributed by atoms with Crippen molar-refractivity contribution in [2.45, 2.75) is 4.90 Å². The summed E-state index contributed by atoms with van der Waals surface area (Å²) < 4.78 is 19.0. The third-order valence-corrected chi connectivity index (χ3v) is 2.29. The van der Waals surface area contributed by atoms with Gasteiger partial charge in [0.25, 0.3) is 0 Å². The van der Waals surface area contributed by atoms with Gasteiger partial charge in [-0.05, 0) is 6.07 Å². The van der Waals surface area contributed by atoms with Gasteiger partial charge in [-0.15, -0.1) is 0 Å². The molecule has 0 fully saturated rings. The number of pyridine rings is 1. The Kier molecular flexibility index (Phi) is 2.84. The SMILES string of the molecule is O=S(O)c1cnc(Cl)c(Cl)c1. The highest BCUT2D eigenvalue weighted by atomic mass is 35.5. The van der Waals surface area contributed by atoms with E-state index in [1.807, 2.05) is 0 Å². The summed E-state index contributed by atoms with van der Waals surface area (Å²) in [6.07, 6.45) is 1.20. The Morgan fingerprint density at radius 3 is 2.64 bits per heavy atom. The first-order valence-corrected chi connectivity index (χ1v) is 4.39. The molecular weight excluding hydrogens is 209 g/mol. The van der Waals surface area contributed by atoms with E-state index in [-0.39, 0.29) is 15.1 Å². The third-order valence-electron chi connectivity index (χ3n) is 0.973. The Morgan fingerprint density at radius 2 is 2.18 bits per heavy atom. The molecule has 6 heteroatoms.